The van der Waals surface area contributed by atoms with Crippen molar-refractivity contribution in [2.24, 2.45) is 0 Å². The number of hydrogen-bond acceptors (Lipinski definition) is 3. The average Bonchev–Trinajstić information content (AvgIpc) is 2.52. The second-order valence-corrected chi connectivity index (χ2v) is 7.89. The number of benzene rings is 1. The normalized spacial score (nSPS) is 21.2. The summed E-state index contributed by atoms with van der Waals surface area (Å²) in [6.45, 7) is 11.0. The van der Waals surface area contributed by atoms with Gasteiger partial charge in [-0.15, -0.1) is 0 Å². The van der Waals surface area contributed by atoms with Gasteiger partial charge in [0.2, 0.25) is 0 Å². The maximum atomic E-state index is 10.6. The van der Waals surface area contributed by atoms with Gasteiger partial charge in [0, 0.05) is 12.6 Å². The van der Waals surface area contributed by atoms with Crippen LogP contribution in [0.2, 0.25) is 0 Å². The van der Waals surface area contributed by atoms with Gasteiger partial charge in [-0.3, -0.25) is 0 Å². The van der Waals surface area contributed by atoms with Gasteiger partial charge < -0.3 is 14.7 Å². The monoisotopic (exact) mass is 319 g/mol. The number of aliphatic hydroxyl groups excluding tert-OH is 1. The summed E-state index contributed by atoms with van der Waals surface area (Å²) in [5, 5.41) is 10.6. The standard InChI is InChI=1S/C20H33NO2/c1-15-8-6-7-12-21(15)13-11-18(22)16-9-10-19(23-5)17(14-16)20(2,3)4/h9-10,14-15,18,22H,6-8,11-13H2,1-5H3. The molecule has 3 nitrogen and oxygen atoms in total. The molecule has 0 bridgehead atoms. The molecule has 130 valence electrons. The molecule has 1 aromatic carbocycles. The first kappa shape index (κ1) is 18.3. The largest absolute Gasteiger partial charge is 0.496 e. The van der Waals surface area contributed by atoms with Crippen molar-refractivity contribution in [3.05, 3.63) is 29.3 Å². The molecule has 1 heterocycles. The molecule has 1 aliphatic heterocycles. The van der Waals surface area contributed by atoms with E-state index in [2.05, 4.69) is 38.7 Å². The minimum Gasteiger partial charge on any atom is -0.496 e. The molecule has 0 aliphatic carbocycles. The summed E-state index contributed by atoms with van der Waals surface area (Å²) in [6.07, 6.45) is 4.30. The summed E-state index contributed by atoms with van der Waals surface area (Å²) in [7, 11) is 1.71. The zero-order chi connectivity index (χ0) is 17.0. The van der Waals surface area contributed by atoms with Crippen LogP contribution in [0, 0.1) is 0 Å². The van der Waals surface area contributed by atoms with E-state index in [9.17, 15) is 5.11 Å². The maximum Gasteiger partial charge on any atom is 0.122 e. The molecule has 1 aliphatic rings. The number of likely N-dealkylation sites (tertiary alicyclic amines) is 1. The van der Waals surface area contributed by atoms with Crippen LogP contribution >= 0.6 is 0 Å². The van der Waals surface area contributed by atoms with Crippen molar-refractivity contribution in [2.45, 2.75) is 70.9 Å². The van der Waals surface area contributed by atoms with Crippen molar-refractivity contribution in [1.82, 2.24) is 4.90 Å². The topological polar surface area (TPSA) is 32.7 Å². The van der Waals surface area contributed by atoms with Crippen LogP contribution in [0.1, 0.15) is 70.6 Å². The number of aliphatic hydroxyl groups is 1. The fourth-order valence-corrected chi connectivity index (χ4v) is 3.46. The third kappa shape index (κ3) is 4.71. The number of nitrogens with zero attached hydrogens (tertiary/aromatic N) is 1. The van der Waals surface area contributed by atoms with Crippen molar-refractivity contribution in [2.75, 3.05) is 20.2 Å². The highest BCUT2D eigenvalue weighted by atomic mass is 16.5. The Morgan fingerprint density at radius 3 is 2.65 bits per heavy atom. The highest BCUT2D eigenvalue weighted by molar-refractivity contribution is 5.42. The van der Waals surface area contributed by atoms with Crippen LogP contribution in [0.3, 0.4) is 0 Å². The lowest BCUT2D eigenvalue weighted by Gasteiger charge is -2.34. The molecule has 1 fully saturated rings. The van der Waals surface area contributed by atoms with Gasteiger partial charge in [0.05, 0.1) is 13.2 Å². The van der Waals surface area contributed by atoms with Crippen LogP contribution in [0.5, 0.6) is 5.75 Å². The van der Waals surface area contributed by atoms with E-state index < -0.39 is 6.10 Å². The molecule has 0 saturated carbocycles. The van der Waals surface area contributed by atoms with Gasteiger partial charge in [-0.25, -0.2) is 0 Å². The maximum absolute atomic E-state index is 10.6. The Morgan fingerprint density at radius 1 is 1.30 bits per heavy atom. The smallest absolute Gasteiger partial charge is 0.122 e. The molecule has 23 heavy (non-hydrogen) atoms. The van der Waals surface area contributed by atoms with Crippen molar-refractivity contribution in [3.63, 3.8) is 0 Å². The number of piperidine rings is 1. The molecule has 0 spiro atoms. The minimum atomic E-state index is -0.406. The summed E-state index contributed by atoms with van der Waals surface area (Å²) >= 11 is 0. The SMILES string of the molecule is COc1ccc(C(O)CCN2CCCCC2C)cc1C(C)(C)C. The lowest BCUT2D eigenvalue weighted by atomic mass is 9.84. The van der Waals surface area contributed by atoms with Crippen molar-refractivity contribution < 1.29 is 9.84 Å². The predicted octanol–water partition coefficient (Wildman–Crippen LogP) is 4.29. The molecule has 2 unspecified atom stereocenters. The molecule has 0 aromatic heterocycles. The highest BCUT2D eigenvalue weighted by Crippen LogP contribution is 2.34. The summed E-state index contributed by atoms with van der Waals surface area (Å²) in [5.74, 6) is 0.901. The predicted molar refractivity (Wildman–Crippen MR) is 96.2 cm³/mol. The Labute approximate surface area is 141 Å². The summed E-state index contributed by atoms with van der Waals surface area (Å²) in [5.41, 5.74) is 2.16. The molecule has 3 heteroatoms. The van der Waals surface area contributed by atoms with Gasteiger partial charge in [-0.2, -0.15) is 0 Å². The van der Waals surface area contributed by atoms with E-state index >= 15 is 0 Å². The third-order valence-corrected chi connectivity index (χ3v) is 5.05. The van der Waals surface area contributed by atoms with Crippen LogP contribution in [-0.4, -0.2) is 36.2 Å². The summed E-state index contributed by atoms with van der Waals surface area (Å²) in [6, 6.07) is 6.75. The molecule has 1 aromatic rings. The highest BCUT2D eigenvalue weighted by Gasteiger charge is 2.22. The van der Waals surface area contributed by atoms with E-state index in [1.165, 1.54) is 25.8 Å². The van der Waals surface area contributed by atoms with Gasteiger partial charge in [-0.05, 0) is 61.4 Å². The van der Waals surface area contributed by atoms with E-state index in [1.807, 2.05) is 12.1 Å². The first-order valence-corrected chi connectivity index (χ1v) is 8.93. The van der Waals surface area contributed by atoms with Crippen molar-refractivity contribution >= 4 is 0 Å². The van der Waals surface area contributed by atoms with E-state index in [-0.39, 0.29) is 5.41 Å². The van der Waals surface area contributed by atoms with Crippen LogP contribution in [0.4, 0.5) is 0 Å². The Morgan fingerprint density at radius 2 is 2.04 bits per heavy atom. The van der Waals surface area contributed by atoms with Crippen LogP contribution in [-0.2, 0) is 5.41 Å². The van der Waals surface area contributed by atoms with Crippen LogP contribution < -0.4 is 4.74 Å². The third-order valence-electron chi connectivity index (χ3n) is 5.05. The molecular weight excluding hydrogens is 286 g/mol. The van der Waals surface area contributed by atoms with Gasteiger partial charge in [-0.1, -0.05) is 33.3 Å². The van der Waals surface area contributed by atoms with Crippen LogP contribution in [0.25, 0.3) is 0 Å². The second kappa shape index (κ2) is 7.67. The van der Waals surface area contributed by atoms with Gasteiger partial charge in [0.25, 0.3) is 0 Å². The Bertz CT molecular complexity index is 507. The average molecular weight is 319 g/mol. The first-order chi connectivity index (χ1) is 10.8. The lowest BCUT2D eigenvalue weighted by Crippen LogP contribution is -2.38. The lowest BCUT2D eigenvalue weighted by molar-refractivity contribution is 0.109. The van der Waals surface area contributed by atoms with Gasteiger partial charge >= 0.3 is 0 Å². The molecule has 1 N–H and O–H groups in total. The molecule has 1 saturated heterocycles. The van der Waals surface area contributed by atoms with E-state index in [4.69, 9.17) is 4.74 Å². The van der Waals surface area contributed by atoms with Crippen molar-refractivity contribution in [1.29, 1.82) is 0 Å². The molecular formula is C20H33NO2. The van der Waals surface area contributed by atoms with E-state index in [0.717, 1.165) is 29.8 Å². The quantitative estimate of drug-likeness (QED) is 0.879. The Balaban J connectivity index is 2.05. The number of rotatable bonds is 5. The fourth-order valence-electron chi connectivity index (χ4n) is 3.46. The van der Waals surface area contributed by atoms with Crippen molar-refractivity contribution in [3.8, 4) is 5.75 Å². The minimum absolute atomic E-state index is 0.00244. The molecule has 0 amide bonds. The zero-order valence-electron chi connectivity index (χ0n) is 15.4. The summed E-state index contributed by atoms with van der Waals surface area (Å²) < 4.78 is 5.49. The van der Waals surface area contributed by atoms with E-state index in [0.29, 0.717) is 6.04 Å². The Hall–Kier alpha value is -1.06. The first-order valence-electron chi connectivity index (χ1n) is 8.93. The van der Waals surface area contributed by atoms with E-state index in [1.54, 1.807) is 7.11 Å². The molecule has 0 radical (unpaired) electrons. The second-order valence-electron chi connectivity index (χ2n) is 7.89. The molecule has 2 rings (SSSR count). The Kier molecular flexibility index (Phi) is 6.10. The van der Waals surface area contributed by atoms with Crippen LogP contribution in [0.15, 0.2) is 18.2 Å². The van der Waals surface area contributed by atoms with Gasteiger partial charge in [0.15, 0.2) is 0 Å². The summed E-state index contributed by atoms with van der Waals surface area (Å²) in [4.78, 5) is 2.51. The molecule has 2 atom stereocenters. The zero-order valence-corrected chi connectivity index (χ0v) is 15.4. The fraction of sp³-hybridized carbons (Fsp3) is 0.700. The van der Waals surface area contributed by atoms with Gasteiger partial charge in [0.1, 0.15) is 5.75 Å². The number of ether oxygens (including phenoxy) is 1. The number of hydrogen-bond donors (Lipinski definition) is 1. The number of methoxy groups -OCH3 is 1.